The lowest BCUT2D eigenvalue weighted by Gasteiger charge is -2.29. The van der Waals surface area contributed by atoms with E-state index in [1.165, 1.54) is 0 Å². The van der Waals surface area contributed by atoms with Gasteiger partial charge >= 0.3 is 0 Å². The van der Waals surface area contributed by atoms with Crippen LogP contribution in [0.4, 0.5) is 0 Å². The van der Waals surface area contributed by atoms with Gasteiger partial charge in [0, 0.05) is 25.6 Å². The maximum absolute atomic E-state index is 9.11. The average Bonchev–Trinajstić information content (AvgIpc) is 2.41. The molecule has 0 radical (unpaired) electrons. The third-order valence-electron chi connectivity index (χ3n) is 3.69. The molecule has 1 saturated heterocycles. The Labute approximate surface area is 109 Å². The second-order valence-corrected chi connectivity index (χ2v) is 5.27. The summed E-state index contributed by atoms with van der Waals surface area (Å²) in [5.74, 6) is 1.14. The van der Waals surface area contributed by atoms with Crippen LogP contribution in [-0.2, 0) is 0 Å². The first kappa shape index (κ1) is 13.4. The first-order chi connectivity index (χ1) is 8.69. The molecule has 0 saturated carbocycles. The fraction of sp³-hybridized carbons (Fsp3) is 0.600. The van der Waals surface area contributed by atoms with Gasteiger partial charge in [0.2, 0.25) is 0 Å². The predicted molar refractivity (Wildman–Crippen MR) is 73.1 cm³/mol. The predicted octanol–water partition coefficient (Wildman–Crippen LogP) is 2.26. The van der Waals surface area contributed by atoms with E-state index >= 15 is 0 Å². The molecule has 1 atom stereocenters. The third kappa shape index (κ3) is 3.47. The standard InChI is InChI=1S/C15H23NO2/c1-12(11-17)13-3-5-14(6-4-13)18-15-7-9-16(2)10-8-15/h3-6,12,15,17H,7-11H2,1-2H3. The highest BCUT2D eigenvalue weighted by Gasteiger charge is 2.17. The van der Waals surface area contributed by atoms with Gasteiger partial charge in [-0.2, -0.15) is 0 Å². The molecule has 1 aliphatic heterocycles. The number of likely N-dealkylation sites (tertiary alicyclic amines) is 1. The molecule has 1 fully saturated rings. The van der Waals surface area contributed by atoms with E-state index in [0.717, 1.165) is 37.2 Å². The molecule has 100 valence electrons. The molecule has 0 bridgehead atoms. The molecular formula is C15H23NO2. The number of rotatable bonds is 4. The van der Waals surface area contributed by atoms with Crippen molar-refractivity contribution < 1.29 is 9.84 Å². The van der Waals surface area contributed by atoms with Crippen LogP contribution in [0.3, 0.4) is 0 Å². The number of aliphatic hydroxyl groups excluding tert-OH is 1. The number of hydrogen-bond acceptors (Lipinski definition) is 3. The van der Waals surface area contributed by atoms with Gasteiger partial charge in [-0.15, -0.1) is 0 Å². The normalized spacial score (nSPS) is 19.7. The second-order valence-electron chi connectivity index (χ2n) is 5.27. The first-order valence-electron chi connectivity index (χ1n) is 6.75. The van der Waals surface area contributed by atoms with Crippen LogP contribution in [0.15, 0.2) is 24.3 Å². The van der Waals surface area contributed by atoms with Crippen molar-refractivity contribution in [2.24, 2.45) is 0 Å². The van der Waals surface area contributed by atoms with Gasteiger partial charge in [-0.05, 0) is 37.6 Å². The van der Waals surface area contributed by atoms with Gasteiger partial charge in [0.05, 0.1) is 0 Å². The van der Waals surface area contributed by atoms with E-state index < -0.39 is 0 Å². The summed E-state index contributed by atoms with van der Waals surface area (Å²) < 4.78 is 5.98. The van der Waals surface area contributed by atoms with Gasteiger partial charge < -0.3 is 14.7 Å². The number of ether oxygens (including phenoxy) is 1. The summed E-state index contributed by atoms with van der Waals surface area (Å²) in [7, 11) is 2.15. The van der Waals surface area contributed by atoms with Crippen molar-refractivity contribution in [1.82, 2.24) is 4.90 Å². The van der Waals surface area contributed by atoms with E-state index in [1.807, 2.05) is 31.2 Å². The van der Waals surface area contributed by atoms with Crippen molar-refractivity contribution in [3.63, 3.8) is 0 Å². The first-order valence-corrected chi connectivity index (χ1v) is 6.75. The fourth-order valence-corrected chi connectivity index (χ4v) is 2.28. The van der Waals surface area contributed by atoms with Gasteiger partial charge in [0.15, 0.2) is 0 Å². The van der Waals surface area contributed by atoms with Crippen LogP contribution < -0.4 is 4.74 Å². The minimum absolute atomic E-state index is 0.190. The second kappa shape index (κ2) is 6.21. The highest BCUT2D eigenvalue weighted by atomic mass is 16.5. The zero-order valence-electron chi connectivity index (χ0n) is 11.3. The maximum atomic E-state index is 9.11. The van der Waals surface area contributed by atoms with E-state index in [2.05, 4.69) is 11.9 Å². The Balaban J connectivity index is 1.90. The topological polar surface area (TPSA) is 32.7 Å². The quantitative estimate of drug-likeness (QED) is 0.888. The van der Waals surface area contributed by atoms with Crippen molar-refractivity contribution in [3.05, 3.63) is 29.8 Å². The van der Waals surface area contributed by atoms with Crippen molar-refractivity contribution in [2.75, 3.05) is 26.7 Å². The Kier molecular flexibility index (Phi) is 4.61. The lowest BCUT2D eigenvalue weighted by molar-refractivity contribution is 0.114. The van der Waals surface area contributed by atoms with Gasteiger partial charge in [-0.1, -0.05) is 19.1 Å². The van der Waals surface area contributed by atoms with Crippen LogP contribution in [-0.4, -0.2) is 42.9 Å². The molecular weight excluding hydrogens is 226 g/mol. The highest BCUT2D eigenvalue weighted by Crippen LogP contribution is 2.22. The van der Waals surface area contributed by atoms with Crippen LogP contribution in [0.1, 0.15) is 31.2 Å². The summed E-state index contributed by atoms with van der Waals surface area (Å²) in [5, 5.41) is 9.11. The molecule has 18 heavy (non-hydrogen) atoms. The number of aliphatic hydroxyl groups is 1. The monoisotopic (exact) mass is 249 g/mol. The number of nitrogens with zero attached hydrogens (tertiary/aromatic N) is 1. The molecule has 0 aliphatic carbocycles. The van der Waals surface area contributed by atoms with Gasteiger partial charge in [0.25, 0.3) is 0 Å². The molecule has 1 aromatic rings. The zero-order valence-corrected chi connectivity index (χ0v) is 11.3. The third-order valence-corrected chi connectivity index (χ3v) is 3.69. The van der Waals surface area contributed by atoms with Crippen molar-refractivity contribution in [2.45, 2.75) is 31.8 Å². The van der Waals surface area contributed by atoms with E-state index in [9.17, 15) is 0 Å². The lowest BCUT2D eigenvalue weighted by Crippen LogP contribution is -2.35. The largest absolute Gasteiger partial charge is 0.490 e. The van der Waals surface area contributed by atoms with Crippen molar-refractivity contribution >= 4 is 0 Å². The molecule has 1 aromatic carbocycles. The van der Waals surface area contributed by atoms with Crippen LogP contribution in [0.25, 0.3) is 0 Å². The van der Waals surface area contributed by atoms with E-state index in [1.54, 1.807) is 0 Å². The summed E-state index contributed by atoms with van der Waals surface area (Å²) in [6.45, 7) is 4.44. The molecule has 0 amide bonds. The van der Waals surface area contributed by atoms with Crippen molar-refractivity contribution in [3.8, 4) is 5.75 Å². The maximum Gasteiger partial charge on any atom is 0.119 e. The smallest absolute Gasteiger partial charge is 0.119 e. The van der Waals surface area contributed by atoms with Crippen molar-refractivity contribution in [1.29, 1.82) is 0 Å². The summed E-state index contributed by atoms with van der Waals surface area (Å²) in [6.07, 6.45) is 2.55. The van der Waals surface area contributed by atoms with E-state index in [4.69, 9.17) is 9.84 Å². The molecule has 0 spiro atoms. The zero-order chi connectivity index (χ0) is 13.0. The molecule has 3 heteroatoms. The Morgan fingerprint density at radius 3 is 2.44 bits per heavy atom. The Bertz CT molecular complexity index is 355. The van der Waals surface area contributed by atoms with Crippen LogP contribution in [0.2, 0.25) is 0 Å². The van der Waals surface area contributed by atoms with Gasteiger partial charge in [-0.3, -0.25) is 0 Å². The minimum Gasteiger partial charge on any atom is -0.490 e. The molecule has 0 aromatic heterocycles. The van der Waals surface area contributed by atoms with Gasteiger partial charge in [-0.25, -0.2) is 0 Å². The molecule has 1 unspecified atom stereocenters. The van der Waals surface area contributed by atoms with Crippen LogP contribution in [0.5, 0.6) is 5.75 Å². The fourth-order valence-electron chi connectivity index (χ4n) is 2.28. The molecule has 1 N–H and O–H groups in total. The molecule has 2 rings (SSSR count). The number of piperidine rings is 1. The molecule has 3 nitrogen and oxygen atoms in total. The van der Waals surface area contributed by atoms with Crippen LogP contribution >= 0.6 is 0 Å². The Hall–Kier alpha value is -1.06. The molecule has 1 heterocycles. The van der Waals surface area contributed by atoms with E-state index in [-0.39, 0.29) is 12.5 Å². The number of benzene rings is 1. The summed E-state index contributed by atoms with van der Waals surface area (Å²) >= 11 is 0. The highest BCUT2D eigenvalue weighted by molar-refractivity contribution is 5.29. The SMILES string of the molecule is CC(CO)c1ccc(OC2CCN(C)CC2)cc1. The van der Waals surface area contributed by atoms with Crippen LogP contribution in [0, 0.1) is 0 Å². The van der Waals surface area contributed by atoms with E-state index in [0.29, 0.717) is 6.10 Å². The summed E-state index contributed by atoms with van der Waals surface area (Å²) in [6, 6.07) is 8.12. The van der Waals surface area contributed by atoms with Gasteiger partial charge in [0.1, 0.15) is 11.9 Å². The Morgan fingerprint density at radius 1 is 1.28 bits per heavy atom. The Morgan fingerprint density at radius 2 is 1.89 bits per heavy atom. The lowest BCUT2D eigenvalue weighted by atomic mass is 10.0. The summed E-state index contributed by atoms with van der Waals surface area (Å²) in [4.78, 5) is 2.34. The summed E-state index contributed by atoms with van der Waals surface area (Å²) in [5.41, 5.74) is 1.16. The molecule has 1 aliphatic rings. The average molecular weight is 249 g/mol. The minimum atomic E-state index is 0.190. The number of hydrogen-bond donors (Lipinski definition) is 1.